The van der Waals surface area contributed by atoms with E-state index in [0.717, 1.165) is 19.2 Å². The van der Waals surface area contributed by atoms with Crippen molar-refractivity contribution in [1.29, 1.82) is 5.26 Å². The van der Waals surface area contributed by atoms with Gasteiger partial charge in [-0.2, -0.15) is 5.26 Å². The molecular weight excluding hydrogens is 156 g/mol. The van der Waals surface area contributed by atoms with Crippen molar-refractivity contribution in [3.8, 4) is 6.07 Å². The molecule has 0 amide bonds. The second-order valence-corrected chi connectivity index (χ2v) is 2.79. The molecule has 0 aliphatic carbocycles. The summed E-state index contributed by atoms with van der Waals surface area (Å²) < 4.78 is 0. The lowest BCUT2D eigenvalue weighted by Gasteiger charge is -2.34. The molecule has 0 spiro atoms. The molecule has 1 heterocycles. The highest BCUT2D eigenvalue weighted by molar-refractivity contribution is 5.79. The molecule has 0 aromatic carbocycles. The van der Waals surface area contributed by atoms with Crippen molar-refractivity contribution in [3.63, 3.8) is 0 Å². The van der Waals surface area contributed by atoms with E-state index < -0.39 is 5.97 Å². The molecule has 1 fully saturated rings. The van der Waals surface area contributed by atoms with Gasteiger partial charge in [0.05, 0.1) is 12.0 Å². The number of hydrogen-bond acceptors (Lipinski definition) is 3. The fraction of sp³-hybridized carbons (Fsp3) is 0.500. The predicted octanol–water partition coefficient (Wildman–Crippen LogP) is 0.0826. The van der Waals surface area contributed by atoms with Crippen LogP contribution in [0.2, 0.25) is 0 Å². The van der Waals surface area contributed by atoms with Gasteiger partial charge in [0.25, 0.3) is 0 Å². The summed E-state index contributed by atoms with van der Waals surface area (Å²) in [6, 6.07) is 2.15. The third kappa shape index (κ3) is 2.36. The van der Waals surface area contributed by atoms with E-state index >= 15 is 0 Å². The molecule has 4 heteroatoms. The van der Waals surface area contributed by atoms with Crippen LogP contribution >= 0.6 is 0 Å². The quantitative estimate of drug-likeness (QED) is 0.603. The number of hydrogen-bond donors (Lipinski definition) is 1. The molecule has 1 saturated heterocycles. The number of carboxylic acids is 1. The summed E-state index contributed by atoms with van der Waals surface area (Å²) in [5, 5.41) is 16.7. The van der Waals surface area contributed by atoms with Crippen molar-refractivity contribution < 1.29 is 9.90 Å². The maximum Gasteiger partial charge on any atom is 0.328 e. The van der Waals surface area contributed by atoms with Crippen molar-refractivity contribution in [2.24, 2.45) is 5.92 Å². The smallest absolute Gasteiger partial charge is 0.328 e. The van der Waals surface area contributed by atoms with Gasteiger partial charge >= 0.3 is 5.97 Å². The predicted molar refractivity (Wildman–Crippen MR) is 42.3 cm³/mol. The average molecular weight is 166 g/mol. The first-order valence-corrected chi connectivity index (χ1v) is 3.74. The third-order valence-electron chi connectivity index (χ3n) is 1.76. The van der Waals surface area contributed by atoms with Gasteiger partial charge in [0.15, 0.2) is 0 Å². The maximum atomic E-state index is 10.0. The molecule has 1 aliphatic rings. The van der Waals surface area contributed by atoms with Gasteiger partial charge in [-0.05, 0) is 0 Å². The summed E-state index contributed by atoms with van der Waals surface area (Å²) in [5.74, 6) is -0.782. The van der Waals surface area contributed by atoms with Gasteiger partial charge in [-0.25, -0.2) is 4.79 Å². The van der Waals surface area contributed by atoms with Gasteiger partial charge in [-0.15, -0.1) is 0 Å². The van der Waals surface area contributed by atoms with Gasteiger partial charge in [0.1, 0.15) is 0 Å². The van der Waals surface area contributed by atoms with Gasteiger partial charge in [-0.3, -0.25) is 4.90 Å². The van der Waals surface area contributed by atoms with Crippen molar-refractivity contribution in [3.05, 3.63) is 12.2 Å². The minimum absolute atomic E-state index is 0.142. The monoisotopic (exact) mass is 166 g/mol. The highest BCUT2D eigenvalue weighted by Gasteiger charge is 2.24. The normalized spacial score (nSPS) is 18.9. The second kappa shape index (κ2) is 3.88. The van der Waals surface area contributed by atoms with Crippen LogP contribution in [0.15, 0.2) is 12.2 Å². The van der Waals surface area contributed by atoms with E-state index in [-0.39, 0.29) is 5.92 Å². The van der Waals surface area contributed by atoms with Crippen molar-refractivity contribution in [2.75, 3.05) is 19.6 Å². The Morgan fingerprint density at radius 3 is 2.92 bits per heavy atom. The van der Waals surface area contributed by atoms with Gasteiger partial charge in [-0.1, -0.05) is 6.08 Å². The number of carbonyl (C=O) groups is 1. The van der Waals surface area contributed by atoms with E-state index in [1.807, 2.05) is 4.90 Å². The first kappa shape index (κ1) is 8.75. The Morgan fingerprint density at radius 2 is 2.42 bits per heavy atom. The lowest BCUT2D eigenvalue weighted by atomic mass is 10.0. The number of rotatable bonds is 3. The number of nitriles is 1. The second-order valence-electron chi connectivity index (χ2n) is 2.79. The van der Waals surface area contributed by atoms with Crippen molar-refractivity contribution in [1.82, 2.24) is 4.90 Å². The molecule has 0 radical (unpaired) electrons. The van der Waals surface area contributed by atoms with E-state index in [4.69, 9.17) is 10.4 Å². The first-order chi connectivity index (χ1) is 5.72. The Labute approximate surface area is 70.7 Å². The Hall–Kier alpha value is -1.34. The van der Waals surface area contributed by atoms with Gasteiger partial charge in [0, 0.05) is 25.7 Å². The van der Waals surface area contributed by atoms with Crippen LogP contribution in [0.4, 0.5) is 0 Å². The molecule has 0 unspecified atom stereocenters. The zero-order chi connectivity index (χ0) is 8.97. The van der Waals surface area contributed by atoms with Crippen LogP contribution in [0, 0.1) is 17.2 Å². The zero-order valence-corrected chi connectivity index (χ0v) is 6.60. The molecule has 4 nitrogen and oxygen atoms in total. The number of likely N-dealkylation sites (tertiary alicyclic amines) is 1. The fourth-order valence-corrected chi connectivity index (χ4v) is 1.10. The molecule has 64 valence electrons. The van der Waals surface area contributed by atoms with Crippen LogP contribution in [-0.4, -0.2) is 35.6 Å². The molecule has 1 aliphatic heterocycles. The first-order valence-electron chi connectivity index (χ1n) is 3.74. The molecule has 0 saturated carbocycles. The largest absolute Gasteiger partial charge is 0.478 e. The molecule has 12 heavy (non-hydrogen) atoms. The summed E-state index contributed by atoms with van der Waals surface area (Å²) in [6.07, 6.45) is 2.72. The summed E-state index contributed by atoms with van der Waals surface area (Å²) >= 11 is 0. The number of carboxylic acid groups (broad SMARTS) is 1. The van der Waals surface area contributed by atoms with Crippen LogP contribution in [0.25, 0.3) is 0 Å². The topological polar surface area (TPSA) is 64.3 Å². The summed E-state index contributed by atoms with van der Waals surface area (Å²) in [4.78, 5) is 12.1. The minimum atomic E-state index is -0.924. The van der Waals surface area contributed by atoms with E-state index in [9.17, 15) is 4.79 Å². The molecule has 0 aromatic rings. The number of aliphatic carboxylic acids is 1. The molecular formula is C8H10N2O2. The molecule has 0 aromatic heterocycles. The Balaban J connectivity index is 2.12. The van der Waals surface area contributed by atoms with Crippen LogP contribution in [0.1, 0.15) is 0 Å². The summed E-state index contributed by atoms with van der Waals surface area (Å²) in [5.41, 5.74) is 0. The van der Waals surface area contributed by atoms with Crippen LogP contribution in [-0.2, 0) is 4.79 Å². The Bertz CT molecular complexity index is 236. The highest BCUT2D eigenvalue weighted by atomic mass is 16.4. The third-order valence-corrected chi connectivity index (χ3v) is 1.76. The van der Waals surface area contributed by atoms with Gasteiger partial charge < -0.3 is 5.11 Å². The lowest BCUT2D eigenvalue weighted by molar-refractivity contribution is -0.131. The molecule has 1 N–H and O–H groups in total. The maximum absolute atomic E-state index is 10.0. The SMILES string of the molecule is N#CC1CN(C/C=C/C(=O)O)C1. The summed E-state index contributed by atoms with van der Waals surface area (Å²) in [7, 11) is 0. The van der Waals surface area contributed by atoms with Crippen LogP contribution in [0.5, 0.6) is 0 Å². The van der Waals surface area contributed by atoms with Gasteiger partial charge in [0.2, 0.25) is 0 Å². The van der Waals surface area contributed by atoms with Crippen molar-refractivity contribution >= 4 is 5.97 Å². The zero-order valence-electron chi connectivity index (χ0n) is 6.60. The van der Waals surface area contributed by atoms with Crippen molar-refractivity contribution in [2.45, 2.75) is 0 Å². The fourth-order valence-electron chi connectivity index (χ4n) is 1.10. The molecule has 1 rings (SSSR count). The number of nitrogens with zero attached hydrogens (tertiary/aromatic N) is 2. The Kier molecular flexibility index (Phi) is 2.83. The van der Waals surface area contributed by atoms with Crippen LogP contribution < -0.4 is 0 Å². The Morgan fingerprint density at radius 1 is 1.75 bits per heavy atom. The molecule has 0 bridgehead atoms. The lowest BCUT2D eigenvalue weighted by Crippen LogP contribution is -2.45. The standard InChI is InChI=1S/C8H10N2O2/c9-4-7-5-10(6-7)3-1-2-8(11)12/h1-2,7H,3,5-6H2,(H,11,12)/b2-1+. The average Bonchev–Trinajstić information content (AvgIpc) is 1.93. The minimum Gasteiger partial charge on any atom is -0.478 e. The summed E-state index contributed by atoms with van der Waals surface area (Å²) in [6.45, 7) is 2.16. The molecule has 0 atom stereocenters. The van der Waals surface area contributed by atoms with E-state index in [1.54, 1.807) is 6.08 Å². The van der Waals surface area contributed by atoms with Crippen LogP contribution in [0.3, 0.4) is 0 Å². The van der Waals surface area contributed by atoms with E-state index in [0.29, 0.717) is 6.54 Å². The highest BCUT2D eigenvalue weighted by Crippen LogP contribution is 2.12. The van der Waals surface area contributed by atoms with E-state index in [2.05, 4.69) is 6.07 Å². The van der Waals surface area contributed by atoms with E-state index in [1.165, 1.54) is 0 Å².